The number of carbonyl (C=O) groups excluding carboxylic acids is 1. The Hall–Kier alpha value is -1.57. The third kappa shape index (κ3) is 4.62. The molecule has 0 bridgehead atoms. The second-order valence-electron chi connectivity index (χ2n) is 6.81. The highest BCUT2D eigenvalue weighted by Crippen LogP contribution is 2.30. The van der Waals surface area contributed by atoms with Crippen LogP contribution in [0, 0.1) is 0 Å². The Labute approximate surface area is 188 Å². The molecule has 1 aromatic heterocycles. The normalized spacial score (nSPS) is 17.6. The van der Waals surface area contributed by atoms with Crippen molar-refractivity contribution in [1.82, 2.24) is 14.8 Å². The topological polar surface area (TPSA) is 39.7 Å². The Morgan fingerprint density at radius 2 is 1.93 bits per heavy atom. The number of benzene rings is 1. The predicted molar refractivity (Wildman–Crippen MR) is 120 cm³/mol. The van der Waals surface area contributed by atoms with Gasteiger partial charge in [-0.25, -0.2) is 4.98 Å². The Morgan fingerprint density at radius 1 is 1.14 bits per heavy atom. The Kier molecular flexibility index (Phi) is 6.47. The lowest BCUT2D eigenvalue weighted by Crippen LogP contribution is -2.50. The molecule has 0 spiro atoms. The number of hydrogen-bond acceptors (Lipinski definition) is 5. The quantitative estimate of drug-likeness (QED) is 0.643. The van der Waals surface area contributed by atoms with Crippen molar-refractivity contribution in [3.05, 3.63) is 68.3 Å². The Morgan fingerprint density at radius 3 is 2.66 bits per heavy atom. The highest BCUT2D eigenvalue weighted by molar-refractivity contribution is 7.19. The molecule has 152 valence electrons. The fourth-order valence-corrected chi connectivity index (χ4v) is 4.76. The number of aromatic nitrogens is 1. The smallest absolute Gasteiger partial charge is 0.255 e. The number of rotatable bonds is 4. The van der Waals surface area contributed by atoms with Gasteiger partial charge < -0.3 is 9.80 Å². The van der Waals surface area contributed by atoms with Crippen molar-refractivity contribution in [2.24, 2.45) is 0 Å². The van der Waals surface area contributed by atoms with Gasteiger partial charge in [0.2, 0.25) is 0 Å². The number of allylic oxidation sites excluding steroid dienone is 2. The van der Waals surface area contributed by atoms with Gasteiger partial charge in [-0.05, 0) is 18.2 Å². The van der Waals surface area contributed by atoms with Gasteiger partial charge in [0.05, 0.1) is 21.8 Å². The summed E-state index contributed by atoms with van der Waals surface area (Å²) in [6.07, 6.45) is 7.97. The van der Waals surface area contributed by atoms with Crippen LogP contribution >= 0.6 is 46.1 Å². The lowest BCUT2D eigenvalue weighted by Gasteiger charge is -2.37. The molecule has 1 aromatic carbocycles. The van der Waals surface area contributed by atoms with Gasteiger partial charge in [0.15, 0.2) is 5.13 Å². The summed E-state index contributed by atoms with van der Waals surface area (Å²) in [5.41, 5.74) is 1.63. The van der Waals surface area contributed by atoms with Crippen LogP contribution in [0.4, 0.5) is 5.13 Å². The van der Waals surface area contributed by atoms with Crippen molar-refractivity contribution in [3.8, 4) is 0 Å². The third-order valence-electron chi connectivity index (χ3n) is 4.98. The molecule has 0 unspecified atom stereocenters. The second-order valence-corrected chi connectivity index (χ2v) is 9.24. The number of thiazole rings is 1. The van der Waals surface area contributed by atoms with Gasteiger partial charge in [-0.2, -0.15) is 0 Å². The molecule has 2 aromatic rings. The van der Waals surface area contributed by atoms with Gasteiger partial charge in [0, 0.05) is 45.0 Å². The van der Waals surface area contributed by atoms with E-state index in [-0.39, 0.29) is 5.91 Å². The second kappa shape index (κ2) is 9.06. The molecular weight excluding hydrogens is 451 g/mol. The van der Waals surface area contributed by atoms with Gasteiger partial charge in [0.25, 0.3) is 5.91 Å². The van der Waals surface area contributed by atoms with Crippen molar-refractivity contribution in [3.63, 3.8) is 0 Å². The molecule has 1 fully saturated rings. The van der Waals surface area contributed by atoms with Gasteiger partial charge in [-0.1, -0.05) is 64.4 Å². The van der Waals surface area contributed by atoms with E-state index < -0.39 is 0 Å². The molecule has 5 nitrogen and oxygen atoms in total. The first kappa shape index (κ1) is 20.7. The van der Waals surface area contributed by atoms with Crippen LogP contribution in [0.3, 0.4) is 0 Å². The first-order valence-corrected chi connectivity index (χ1v) is 11.2. The Balaban J connectivity index is 1.38. The number of amides is 1. The molecule has 0 aliphatic carbocycles. The number of hydrogen-bond donors (Lipinski definition) is 0. The lowest BCUT2D eigenvalue weighted by atomic mass is 10.1. The molecule has 9 heteroatoms. The molecule has 1 amide bonds. The minimum absolute atomic E-state index is 0.0731. The molecular formula is C20H19Cl3N4OS. The van der Waals surface area contributed by atoms with Gasteiger partial charge >= 0.3 is 0 Å². The summed E-state index contributed by atoms with van der Waals surface area (Å²) in [6.45, 7) is 4.44. The van der Waals surface area contributed by atoms with E-state index in [1.807, 2.05) is 4.90 Å². The summed E-state index contributed by atoms with van der Waals surface area (Å²) >= 11 is 19.8. The third-order valence-corrected chi connectivity index (χ3v) is 6.94. The largest absolute Gasteiger partial charge is 0.336 e. The minimum atomic E-state index is -0.0731. The maximum Gasteiger partial charge on any atom is 0.255 e. The lowest BCUT2D eigenvalue weighted by molar-refractivity contribution is 0.0647. The minimum Gasteiger partial charge on any atom is -0.336 e. The van der Waals surface area contributed by atoms with E-state index >= 15 is 0 Å². The van der Waals surface area contributed by atoms with Gasteiger partial charge in [-0.15, -0.1) is 0 Å². The van der Waals surface area contributed by atoms with Crippen LogP contribution in [-0.2, 0) is 0 Å². The molecule has 4 rings (SSSR count). The molecule has 1 saturated heterocycles. The van der Waals surface area contributed by atoms with E-state index in [4.69, 9.17) is 34.8 Å². The van der Waals surface area contributed by atoms with Crippen LogP contribution in [-0.4, -0.2) is 60.0 Å². The summed E-state index contributed by atoms with van der Waals surface area (Å²) in [5.74, 6) is -0.0731. The number of nitrogens with zero attached hydrogens (tertiary/aromatic N) is 4. The SMILES string of the molecule is O=C(c1cccc(Cl)c1Cl)N1CCN(CC2=CC=CCN2c2ncc(Cl)s2)CC1. The van der Waals surface area contributed by atoms with E-state index in [1.54, 1.807) is 24.4 Å². The number of anilines is 1. The maximum atomic E-state index is 12.8. The molecule has 2 aliphatic heterocycles. The highest BCUT2D eigenvalue weighted by Gasteiger charge is 2.26. The van der Waals surface area contributed by atoms with E-state index in [2.05, 4.69) is 33.0 Å². The summed E-state index contributed by atoms with van der Waals surface area (Å²) in [6, 6.07) is 5.16. The van der Waals surface area contributed by atoms with E-state index in [0.29, 0.717) is 33.0 Å². The van der Waals surface area contributed by atoms with E-state index in [9.17, 15) is 4.79 Å². The fraction of sp³-hybridized carbons (Fsp3) is 0.300. The van der Waals surface area contributed by atoms with Crippen molar-refractivity contribution < 1.29 is 4.79 Å². The zero-order valence-electron chi connectivity index (χ0n) is 15.5. The van der Waals surface area contributed by atoms with Crippen LogP contribution in [0.25, 0.3) is 0 Å². The zero-order valence-corrected chi connectivity index (χ0v) is 18.6. The molecule has 0 N–H and O–H groups in total. The summed E-state index contributed by atoms with van der Waals surface area (Å²) < 4.78 is 0.681. The molecule has 0 radical (unpaired) electrons. The van der Waals surface area contributed by atoms with Gasteiger partial charge in [0.1, 0.15) is 4.34 Å². The monoisotopic (exact) mass is 468 g/mol. The van der Waals surface area contributed by atoms with Crippen LogP contribution in [0.1, 0.15) is 10.4 Å². The fourth-order valence-electron chi connectivity index (χ4n) is 3.44. The van der Waals surface area contributed by atoms with E-state index in [0.717, 1.165) is 31.3 Å². The molecule has 0 saturated carbocycles. The standard InChI is InChI=1S/C20H19Cl3N4OS/c21-16-6-3-5-15(18(16)23)19(28)26-10-8-25(9-11-26)13-14-4-1-2-7-27(14)20-24-12-17(22)29-20/h1-6,12H,7-11,13H2. The van der Waals surface area contributed by atoms with Crippen LogP contribution < -0.4 is 4.90 Å². The molecule has 0 atom stereocenters. The summed E-state index contributed by atoms with van der Waals surface area (Å²) in [7, 11) is 0. The van der Waals surface area contributed by atoms with Crippen molar-refractivity contribution in [1.29, 1.82) is 0 Å². The first-order chi connectivity index (χ1) is 14.0. The van der Waals surface area contributed by atoms with Gasteiger partial charge in [-0.3, -0.25) is 9.69 Å². The van der Waals surface area contributed by atoms with Crippen LogP contribution in [0.2, 0.25) is 14.4 Å². The number of halogens is 3. The van der Waals surface area contributed by atoms with Crippen molar-refractivity contribution in [2.75, 3.05) is 44.2 Å². The average molecular weight is 470 g/mol. The highest BCUT2D eigenvalue weighted by atomic mass is 35.5. The van der Waals surface area contributed by atoms with Crippen LogP contribution in [0.15, 0.2) is 48.3 Å². The van der Waals surface area contributed by atoms with E-state index in [1.165, 1.54) is 17.0 Å². The zero-order chi connectivity index (χ0) is 20.4. The van der Waals surface area contributed by atoms with Crippen molar-refractivity contribution >= 4 is 57.2 Å². The summed E-state index contributed by atoms with van der Waals surface area (Å²) in [4.78, 5) is 23.6. The predicted octanol–water partition coefficient (Wildman–Crippen LogP) is 4.82. The van der Waals surface area contributed by atoms with Crippen LogP contribution in [0.5, 0.6) is 0 Å². The summed E-state index contributed by atoms with van der Waals surface area (Å²) in [5, 5.41) is 1.62. The number of piperazine rings is 1. The average Bonchev–Trinajstić information content (AvgIpc) is 3.17. The molecule has 3 heterocycles. The molecule has 29 heavy (non-hydrogen) atoms. The Bertz CT molecular complexity index is 966. The van der Waals surface area contributed by atoms with Crippen molar-refractivity contribution in [2.45, 2.75) is 0 Å². The molecule has 2 aliphatic rings. The first-order valence-electron chi connectivity index (χ1n) is 9.23. The number of carbonyl (C=O) groups is 1. The maximum absolute atomic E-state index is 12.8.